The Morgan fingerprint density at radius 1 is 1.00 bits per heavy atom. The average Bonchev–Trinajstić information content (AvgIpc) is 2.64. The molecule has 0 aromatic heterocycles. The van der Waals surface area contributed by atoms with Crippen molar-refractivity contribution in [1.29, 1.82) is 0 Å². The van der Waals surface area contributed by atoms with Crippen LogP contribution in [0.15, 0.2) is 29.3 Å². The Balaban J connectivity index is 0.00000625. The van der Waals surface area contributed by atoms with E-state index in [9.17, 15) is 0 Å². The third kappa shape index (κ3) is 12.3. The number of aliphatic imine (C=N–C) groups is 1. The van der Waals surface area contributed by atoms with Crippen LogP contribution in [0.5, 0.6) is 5.75 Å². The second-order valence-electron chi connectivity index (χ2n) is 5.31. The maximum Gasteiger partial charge on any atom is 0.195 e. The van der Waals surface area contributed by atoms with Gasteiger partial charge < -0.3 is 29.6 Å². The molecule has 26 heavy (non-hydrogen) atoms. The Bertz CT molecular complexity index is 489. The Morgan fingerprint density at radius 3 is 2.54 bits per heavy atom. The lowest BCUT2D eigenvalue weighted by atomic mass is 10.3. The average molecular weight is 481 g/mol. The van der Waals surface area contributed by atoms with Crippen LogP contribution >= 0.6 is 24.0 Å². The van der Waals surface area contributed by atoms with Gasteiger partial charge in [0.15, 0.2) is 5.96 Å². The molecule has 7 nitrogen and oxygen atoms in total. The maximum atomic E-state index is 5.70. The highest BCUT2D eigenvalue weighted by molar-refractivity contribution is 14.0. The number of anilines is 1. The quantitative estimate of drug-likeness (QED) is 0.196. The summed E-state index contributed by atoms with van der Waals surface area (Å²) in [6.07, 6.45) is 1.76. The molecule has 0 aliphatic heterocycles. The van der Waals surface area contributed by atoms with E-state index in [1.165, 1.54) is 0 Å². The number of nitrogens with one attached hydrogen (secondary N) is 2. The lowest BCUT2D eigenvalue weighted by Crippen LogP contribution is -2.32. The molecule has 8 heteroatoms. The molecule has 0 aliphatic carbocycles. The van der Waals surface area contributed by atoms with E-state index in [0.717, 1.165) is 30.8 Å². The van der Waals surface area contributed by atoms with Crippen molar-refractivity contribution >= 4 is 35.6 Å². The fraction of sp³-hybridized carbons (Fsp3) is 0.611. The lowest BCUT2D eigenvalue weighted by molar-refractivity contribution is 0.0699. The summed E-state index contributed by atoms with van der Waals surface area (Å²) in [5.74, 6) is 1.54. The Kier molecular flexibility index (Phi) is 16.6. The minimum atomic E-state index is 0. The molecule has 0 amide bonds. The van der Waals surface area contributed by atoms with Gasteiger partial charge >= 0.3 is 0 Å². The smallest absolute Gasteiger partial charge is 0.195 e. The molecule has 0 spiro atoms. The monoisotopic (exact) mass is 481 g/mol. The van der Waals surface area contributed by atoms with E-state index in [2.05, 4.69) is 15.6 Å². The van der Waals surface area contributed by atoms with Gasteiger partial charge in [-0.1, -0.05) is 6.07 Å². The third-order valence-corrected chi connectivity index (χ3v) is 3.27. The molecule has 2 N–H and O–H groups in total. The van der Waals surface area contributed by atoms with E-state index < -0.39 is 0 Å². The number of guanidine groups is 1. The molecule has 0 radical (unpaired) electrons. The summed E-state index contributed by atoms with van der Waals surface area (Å²) in [4.78, 5) is 4.22. The van der Waals surface area contributed by atoms with Crippen LogP contribution in [0.25, 0.3) is 0 Å². The van der Waals surface area contributed by atoms with Crippen molar-refractivity contribution in [2.45, 2.75) is 12.8 Å². The van der Waals surface area contributed by atoms with E-state index >= 15 is 0 Å². The van der Waals surface area contributed by atoms with Crippen molar-refractivity contribution in [3.63, 3.8) is 0 Å². The zero-order valence-corrected chi connectivity index (χ0v) is 18.3. The highest BCUT2D eigenvalue weighted by atomic mass is 127. The van der Waals surface area contributed by atoms with Gasteiger partial charge in [0.1, 0.15) is 5.75 Å². The number of benzene rings is 1. The van der Waals surface area contributed by atoms with Crippen molar-refractivity contribution in [1.82, 2.24) is 5.32 Å². The molecule has 0 saturated heterocycles. The standard InChI is InChI=1S/C18H31N3O4.HI/c1-19-18(20-9-5-11-24-14-13-23-3)21-16-7-4-8-17(15-16)25-12-6-10-22-2;/h4,7-8,15H,5-6,9-14H2,1-3H3,(H2,19,20,21);1H. The normalized spacial score (nSPS) is 11.0. The first-order chi connectivity index (χ1) is 12.3. The summed E-state index contributed by atoms with van der Waals surface area (Å²) in [5.41, 5.74) is 0.925. The number of ether oxygens (including phenoxy) is 4. The first-order valence-corrected chi connectivity index (χ1v) is 8.56. The van der Waals surface area contributed by atoms with Crippen LogP contribution in [-0.2, 0) is 14.2 Å². The molecule has 0 saturated carbocycles. The van der Waals surface area contributed by atoms with E-state index in [4.69, 9.17) is 18.9 Å². The number of hydrogen-bond acceptors (Lipinski definition) is 5. The number of hydrogen-bond donors (Lipinski definition) is 2. The van der Waals surface area contributed by atoms with Crippen LogP contribution in [0.2, 0.25) is 0 Å². The molecule has 1 aromatic rings. The van der Waals surface area contributed by atoms with Crippen molar-refractivity contribution in [3.8, 4) is 5.75 Å². The zero-order valence-electron chi connectivity index (χ0n) is 16.0. The summed E-state index contributed by atoms with van der Waals surface area (Å²) in [6.45, 7) is 4.05. The Labute approximate surface area is 173 Å². The molecular formula is C18H32IN3O4. The number of methoxy groups -OCH3 is 2. The summed E-state index contributed by atoms with van der Waals surface area (Å²) >= 11 is 0. The summed E-state index contributed by atoms with van der Waals surface area (Å²) < 4.78 is 21.1. The fourth-order valence-electron chi connectivity index (χ4n) is 2.00. The van der Waals surface area contributed by atoms with Gasteiger partial charge in [-0.25, -0.2) is 0 Å². The number of halogens is 1. The molecule has 1 aromatic carbocycles. The predicted octanol–water partition coefficient (Wildman–Crippen LogP) is 2.76. The SMILES string of the molecule is CN=C(NCCCOCCOC)Nc1cccc(OCCCOC)c1.I. The summed E-state index contributed by atoms with van der Waals surface area (Å²) in [6, 6.07) is 7.81. The summed E-state index contributed by atoms with van der Waals surface area (Å²) in [7, 11) is 5.10. The van der Waals surface area contributed by atoms with Crippen molar-refractivity contribution in [2.24, 2.45) is 4.99 Å². The minimum Gasteiger partial charge on any atom is -0.493 e. The second kappa shape index (κ2) is 17.3. The molecule has 1 rings (SSSR count). The van der Waals surface area contributed by atoms with E-state index in [1.807, 2.05) is 24.3 Å². The highest BCUT2D eigenvalue weighted by Crippen LogP contribution is 2.17. The van der Waals surface area contributed by atoms with Gasteiger partial charge in [-0.2, -0.15) is 0 Å². The van der Waals surface area contributed by atoms with Crippen LogP contribution in [0, 0.1) is 0 Å². The number of nitrogens with zero attached hydrogens (tertiary/aromatic N) is 1. The van der Waals surface area contributed by atoms with Crippen LogP contribution in [0.4, 0.5) is 5.69 Å². The maximum absolute atomic E-state index is 5.70. The highest BCUT2D eigenvalue weighted by Gasteiger charge is 2.01. The van der Waals surface area contributed by atoms with Crippen LogP contribution in [-0.4, -0.2) is 66.8 Å². The van der Waals surface area contributed by atoms with Crippen molar-refractivity contribution < 1.29 is 18.9 Å². The van der Waals surface area contributed by atoms with E-state index in [1.54, 1.807) is 21.3 Å². The summed E-state index contributed by atoms with van der Waals surface area (Å²) in [5, 5.41) is 6.51. The van der Waals surface area contributed by atoms with Gasteiger partial charge in [-0.05, 0) is 18.6 Å². The first-order valence-electron chi connectivity index (χ1n) is 8.56. The van der Waals surface area contributed by atoms with Crippen LogP contribution in [0.3, 0.4) is 0 Å². The third-order valence-electron chi connectivity index (χ3n) is 3.27. The van der Waals surface area contributed by atoms with Crippen LogP contribution in [0.1, 0.15) is 12.8 Å². The van der Waals surface area contributed by atoms with Crippen molar-refractivity contribution in [3.05, 3.63) is 24.3 Å². The first kappa shape index (κ1) is 24.9. The van der Waals surface area contributed by atoms with Gasteiger partial charge in [0, 0.05) is 59.2 Å². The molecule has 0 aliphatic rings. The largest absolute Gasteiger partial charge is 0.493 e. The van der Waals surface area contributed by atoms with Gasteiger partial charge in [-0.15, -0.1) is 24.0 Å². The lowest BCUT2D eigenvalue weighted by Gasteiger charge is -2.13. The second-order valence-corrected chi connectivity index (χ2v) is 5.31. The predicted molar refractivity (Wildman–Crippen MR) is 116 cm³/mol. The van der Waals surface area contributed by atoms with Gasteiger partial charge in [0.25, 0.3) is 0 Å². The van der Waals surface area contributed by atoms with E-state index in [0.29, 0.717) is 39.0 Å². The zero-order chi connectivity index (χ0) is 18.2. The van der Waals surface area contributed by atoms with Gasteiger partial charge in [-0.3, -0.25) is 4.99 Å². The molecule has 0 atom stereocenters. The molecule has 150 valence electrons. The Hall–Kier alpha value is -1.10. The minimum absolute atomic E-state index is 0. The fourth-order valence-corrected chi connectivity index (χ4v) is 2.00. The molecule has 0 heterocycles. The topological polar surface area (TPSA) is 73.3 Å². The number of rotatable bonds is 13. The van der Waals surface area contributed by atoms with E-state index in [-0.39, 0.29) is 24.0 Å². The van der Waals surface area contributed by atoms with Crippen LogP contribution < -0.4 is 15.4 Å². The molecular weight excluding hydrogens is 449 g/mol. The van der Waals surface area contributed by atoms with Gasteiger partial charge in [0.2, 0.25) is 0 Å². The van der Waals surface area contributed by atoms with Gasteiger partial charge in [0.05, 0.1) is 19.8 Å². The molecule has 0 bridgehead atoms. The van der Waals surface area contributed by atoms with Crippen molar-refractivity contribution in [2.75, 3.05) is 66.2 Å². The molecule has 0 fully saturated rings. The molecule has 0 unspecified atom stereocenters. The Morgan fingerprint density at radius 2 is 1.81 bits per heavy atom.